The number of nitrogens with one attached hydrogen (secondary N) is 2. The predicted octanol–water partition coefficient (Wildman–Crippen LogP) is 0.0919. The van der Waals surface area contributed by atoms with Crippen LogP contribution in [0.1, 0.15) is 12.5 Å². The zero-order chi connectivity index (χ0) is 9.90. The molecule has 0 heterocycles. The minimum atomic E-state index is -0.182. The molecule has 0 bridgehead atoms. The van der Waals surface area contributed by atoms with E-state index in [0.29, 0.717) is 0 Å². The van der Waals surface area contributed by atoms with Gasteiger partial charge in [-0.25, -0.2) is 0 Å². The Morgan fingerprint density at radius 1 is 1.15 bits per heavy atom. The van der Waals surface area contributed by atoms with E-state index in [1.807, 2.05) is 32.3 Å². The van der Waals surface area contributed by atoms with Crippen LogP contribution in [0.4, 0.5) is 0 Å². The second kappa shape index (κ2) is 4.04. The first-order valence-corrected chi connectivity index (χ1v) is 4.83. The van der Waals surface area contributed by atoms with Crippen molar-refractivity contribution in [3.8, 4) is 0 Å². The standard InChI is InChI=1S/C10H15N2Si/c1-10(11-2,12-3)8-6-4-5-7-9(8)13/h4-7,11-12H,1-3H3. The Kier molecular flexibility index (Phi) is 3.25. The molecule has 13 heavy (non-hydrogen) atoms. The van der Waals surface area contributed by atoms with Gasteiger partial charge in [0, 0.05) is 0 Å². The number of benzene rings is 1. The summed E-state index contributed by atoms with van der Waals surface area (Å²) in [7, 11) is 7.47. The van der Waals surface area contributed by atoms with E-state index in [-0.39, 0.29) is 5.66 Å². The lowest BCUT2D eigenvalue weighted by Crippen LogP contribution is -2.50. The molecule has 1 rings (SSSR count). The molecular weight excluding hydrogens is 176 g/mol. The van der Waals surface area contributed by atoms with E-state index in [1.54, 1.807) is 0 Å². The van der Waals surface area contributed by atoms with Gasteiger partial charge in [0.2, 0.25) is 0 Å². The van der Waals surface area contributed by atoms with Gasteiger partial charge < -0.3 is 0 Å². The molecular formula is C10H15N2Si. The summed E-state index contributed by atoms with van der Waals surface area (Å²) in [5, 5.41) is 7.59. The first kappa shape index (κ1) is 10.4. The van der Waals surface area contributed by atoms with Gasteiger partial charge in [0.25, 0.3) is 0 Å². The molecule has 3 heteroatoms. The summed E-state index contributed by atoms with van der Waals surface area (Å²) < 4.78 is 0. The van der Waals surface area contributed by atoms with Crippen molar-refractivity contribution >= 4 is 15.4 Å². The van der Waals surface area contributed by atoms with Crippen molar-refractivity contribution in [2.45, 2.75) is 12.6 Å². The van der Waals surface area contributed by atoms with E-state index >= 15 is 0 Å². The van der Waals surface area contributed by atoms with Gasteiger partial charge in [0.05, 0.1) is 15.9 Å². The SMILES string of the molecule is CNC(C)(NC)c1ccccc1[Si]. The fourth-order valence-electron chi connectivity index (χ4n) is 1.31. The summed E-state index contributed by atoms with van der Waals surface area (Å²) >= 11 is 0. The molecule has 2 N–H and O–H groups in total. The van der Waals surface area contributed by atoms with E-state index in [0.717, 1.165) is 5.19 Å². The van der Waals surface area contributed by atoms with E-state index in [9.17, 15) is 0 Å². The Bertz CT molecular complexity index is 282. The zero-order valence-electron chi connectivity index (χ0n) is 8.31. The van der Waals surface area contributed by atoms with Crippen LogP contribution in [-0.4, -0.2) is 24.3 Å². The highest BCUT2D eigenvalue weighted by atomic mass is 28.1. The number of rotatable bonds is 3. The third-order valence-corrected chi connectivity index (χ3v) is 2.90. The molecule has 0 aliphatic heterocycles. The molecule has 1 aromatic rings. The van der Waals surface area contributed by atoms with Crippen molar-refractivity contribution in [1.29, 1.82) is 0 Å². The molecule has 0 aromatic heterocycles. The van der Waals surface area contributed by atoms with Gasteiger partial charge in [-0.15, -0.1) is 0 Å². The topological polar surface area (TPSA) is 24.1 Å². The third-order valence-electron chi connectivity index (χ3n) is 2.47. The van der Waals surface area contributed by atoms with Crippen LogP contribution < -0.4 is 15.8 Å². The quantitative estimate of drug-likeness (QED) is 0.523. The molecule has 0 atom stereocenters. The van der Waals surface area contributed by atoms with Gasteiger partial charge in [-0.2, -0.15) is 0 Å². The fraction of sp³-hybridized carbons (Fsp3) is 0.400. The lowest BCUT2D eigenvalue weighted by atomic mass is 10.0. The first-order chi connectivity index (χ1) is 6.14. The number of hydrogen-bond acceptors (Lipinski definition) is 2. The fourth-order valence-corrected chi connectivity index (χ4v) is 1.74. The predicted molar refractivity (Wildman–Crippen MR) is 57.3 cm³/mol. The third kappa shape index (κ3) is 1.99. The second-order valence-electron chi connectivity index (χ2n) is 3.17. The van der Waals surface area contributed by atoms with Crippen LogP contribution >= 0.6 is 0 Å². The molecule has 0 amide bonds. The normalized spacial score (nSPS) is 11.7. The van der Waals surface area contributed by atoms with Crippen LogP contribution in [0.25, 0.3) is 0 Å². The highest BCUT2D eigenvalue weighted by Gasteiger charge is 2.22. The molecule has 2 nitrogen and oxygen atoms in total. The smallest absolute Gasteiger partial charge is 0.0914 e. The minimum absolute atomic E-state index is 0.182. The summed E-state index contributed by atoms with van der Waals surface area (Å²) in [6.45, 7) is 2.10. The van der Waals surface area contributed by atoms with Crippen LogP contribution in [0.5, 0.6) is 0 Å². The molecule has 3 radical (unpaired) electrons. The Morgan fingerprint density at radius 3 is 2.15 bits per heavy atom. The van der Waals surface area contributed by atoms with E-state index < -0.39 is 0 Å². The molecule has 0 saturated heterocycles. The maximum absolute atomic E-state index is 3.59. The van der Waals surface area contributed by atoms with Crippen molar-refractivity contribution in [1.82, 2.24) is 10.6 Å². The maximum Gasteiger partial charge on any atom is 0.0914 e. The van der Waals surface area contributed by atoms with Crippen molar-refractivity contribution in [2.75, 3.05) is 14.1 Å². The Labute approximate surface area is 83.2 Å². The van der Waals surface area contributed by atoms with Crippen LogP contribution in [-0.2, 0) is 5.66 Å². The van der Waals surface area contributed by atoms with E-state index in [4.69, 9.17) is 0 Å². The lowest BCUT2D eigenvalue weighted by Gasteiger charge is -2.30. The minimum Gasteiger partial charge on any atom is -0.299 e. The molecule has 1 aromatic carbocycles. The summed E-state index contributed by atoms with van der Waals surface area (Å²) in [4.78, 5) is 0. The maximum atomic E-state index is 3.59. The van der Waals surface area contributed by atoms with Crippen molar-refractivity contribution in [3.05, 3.63) is 29.8 Å². The van der Waals surface area contributed by atoms with Crippen LogP contribution in [0.2, 0.25) is 0 Å². The van der Waals surface area contributed by atoms with Crippen molar-refractivity contribution < 1.29 is 0 Å². The summed E-state index contributed by atoms with van der Waals surface area (Å²) in [6.07, 6.45) is 0. The molecule has 0 spiro atoms. The van der Waals surface area contributed by atoms with Gasteiger partial charge in [-0.3, -0.25) is 10.6 Å². The average Bonchev–Trinajstić information content (AvgIpc) is 2.17. The first-order valence-electron chi connectivity index (χ1n) is 4.33. The molecule has 0 unspecified atom stereocenters. The van der Waals surface area contributed by atoms with E-state index in [1.165, 1.54) is 5.56 Å². The summed E-state index contributed by atoms with van der Waals surface area (Å²) in [5.74, 6) is 0. The van der Waals surface area contributed by atoms with Crippen molar-refractivity contribution in [2.24, 2.45) is 0 Å². The molecule has 0 aliphatic rings. The highest BCUT2D eigenvalue weighted by molar-refractivity contribution is 6.33. The van der Waals surface area contributed by atoms with Gasteiger partial charge in [0.1, 0.15) is 0 Å². The Hall–Kier alpha value is -0.643. The molecule has 69 valence electrons. The molecule has 0 aliphatic carbocycles. The second-order valence-corrected chi connectivity index (χ2v) is 3.71. The van der Waals surface area contributed by atoms with Crippen LogP contribution in [0.15, 0.2) is 24.3 Å². The van der Waals surface area contributed by atoms with Crippen LogP contribution in [0.3, 0.4) is 0 Å². The molecule has 0 saturated carbocycles. The lowest BCUT2D eigenvalue weighted by molar-refractivity contribution is 0.340. The average molecular weight is 191 g/mol. The highest BCUT2D eigenvalue weighted by Crippen LogP contribution is 2.13. The van der Waals surface area contributed by atoms with Gasteiger partial charge in [0.15, 0.2) is 0 Å². The van der Waals surface area contributed by atoms with Gasteiger partial charge in [-0.1, -0.05) is 29.5 Å². The monoisotopic (exact) mass is 191 g/mol. The van der Waals surface area contributed by atoms with Crippen molar-refractivity contribution in [3.63, 3.8) is 0 Å². The largest absolute Gasteiger partial charge is 0.299 e. The Balaban J connectivity index is 3.12. The summed E-state index contributed by atoms with van der Waals surface area (Å²) in [6, 6.07) is 8.18. The van der Waals surface area contributed by atoms with Crippen LogP contribution in [0, 0.1) is 0 Å². The number of hydrogen-bond donors (Lipinski definition) is 2. The van der Waals surface area contributed by atoms with Gasteiger partial charge in [-0.05, 0) is 26.6 Å². The Morgan fingerprint density at radius 2 is 1.69 bits per heavy atom. The van der Waals surface area contributed by atoms with Gasteiger partial charge >= 0.3 is 0 Å². The van der Waals surface area contributed by atoms with E-state index in [2.05, 4.69) is 33.9 Å². The zero-order valence-corrected chi connectivity index (χ0v) is 9.31. The molecule has 0 fully saturated rings. The summed E-state index contributed by atoms with van der Waals surface area (Å²) in [5.41, 5.74) is 1.02.